The van der Waals surface area contributed by atoms with Crippen molar-refractivity contribution in [3.05, 3.63) is 71.1 Å². The Labute approximate surface area is 160 Å². The summed E-state index contributed by atoms with van der Waals surface area (Å²) in [4.78, 5) is 14.7. The molecular formula is C21H23NO4S. The third-order valence-corrected chi connectivity index (χ3v) is 5.75. The number of carbonyl (C=O) groups is 1. The molecule has 1 heterocycles. The van der Waals surface area contributed by atoms with E-state index in [1.807, 2.05) is 38.1 Å². The Hall–Kier alpha value is -2.60. The summed E-state index contributed by atoms with van der Waals surface area (Å²) in [5.74, 6) is 0.471. The quantitative estimate of drug-likeness (QED) is 0.766. The monoisotopic (exact) mass is 385 g/mol. The first-order chi connectivity index (χ1) is 12.9. The maximum absolute atomic E-state index is 13.1. The van der Waals surface area contributed by atoms with Crippen molar-refractivity contribution in [2.75, 3.05) is 17.3 Å². The van der Waals surface area contributed by atoms with E-state index in [1.54, 1.807) is 35.2 Å². The molecule has 1 aliphatic rings. The van der Waals surface area contributed by atoms with E-state index in [-0.39, 0.29) is 18.1 Å². The molecule has 5 nitrogen and oxygen atoms in total. The van der Waals surface area contributed by atoms with E-state index in [0.717, 1.165) is 11.1 Å². The molecule has 0 radical (unpaired) electrons. The van der Waals surface area contributed by atoms with Crippen LogP contribution in [-0.2, 0) is 21.1 Å². The van der Waals surface area contributed by atoms with Gasteiger partial charge in [0.1, 0.15) is 5.75 Å². The molecule has 142 valence electrons. The average Bonchev–Trinajstić information content (AvgIpc) is 2.96. The van der Waals surface area contributed by atoms with Crippen LogP contribution in [0.1, 0.15) is 18.1 Å². The molecule has 0 aromatic heterocycles. The molecule has 2 aromatic carbocycles. The SMILES string of the molecule is CCOc1ccc(N(C(=O)Cc2cccc(C)c2)[C@H]2C=CS(=O)(=O)C2)cc1. The van der Waals surface area contributed by atoms with E-state index in [1.165, 1.54) is 5.41 Å². The maximum atomic E-state index is 13.1. The number of sulfone groups is 1. The summed E-state index contributed by atoms with van der Waals surface area (Å²) in [6.45, 7) is 4.43. The summed E-state index contributed by atoms with van der Waals surface area (Å²) in [6, 6.07) is 14.4. The number of ether oxygens (including phenoxy) is 1. The maximum Gasteiger partial charge on any atom is 0.231 e. The van der Waals surface area contributed by atoms with E-state index in [0.29, 0.717) is 18.0 Å². The van der Waals surface area contributed by atoms with Gasteiger partial charge >= 0.3 is 0 Å². The smallest absolute Gasteiger partial charge is 0.231 e. The van der Waals surface area contributed by atoms with Gasteiger partial charge in [0, 0.05) is 11.1 Å². The highest BCUT2D eigenvalue weighted by Crippen LogP contribution is 2.26. The van der Waals surface area contributed by atoms with Gasteiger partial charge in [0.15, 0.2) is 9.84 Å². The largest absolute Gasteiger partial charge is 0.494 e. The fraction of sp³-hybridized carbons (Fsp3) is 0.286. The fourth-order valence-corrected chi connectivity index (χ4v) is 4.46. The molecule has 0 saturated heterocycles. The Balaban J connectivity index is 1.89. The van der Waals surface area contributed by atoms with Crippen LogP contribution in [0.25, 0.3) is 0 Å². The lowest BCUT2D eigenvalue weighted by molar-refractivity contribution is -0.118. The lowest BCUT2D eigenvalue weighted by Gasteiger charge is -2.28. The number of rotatable bonds is 6. The second-order valence-electron chi connectivity index (χ2n) is 6.58. The first-order valence-electron chi connectivity index (χ1n) is 8.89. The van der Waals surface area contributed by atoms with Gasteiger partial charge in [0.05, 0.1) is 24.8 Å². The normalized spacial score (nSPS) is 17.6. The van der Waals surface area contributed by atoms with Crippen molar-refractivity contribution in [3.63, 3.8) is 0 Å². The Morgan fingerprint density at radius 2 is 1.93 bits per heavy atom. The van der Waals surface area contributed by atoms with Crippen LogP contribution in [0.2, 0.25) is 0 Å². The molecule has 1 amide bonds. The Kier molecular flexibility index (Phi) is 5.65. The Morgan fingerprint density at radius 3 is 2.52 bits per heavy atom. The van der Waals surface area contributed by atoms with Crippen molar-refractivity contribution in [2.45, 2.75) is 26.3 Å². The van der Waals surface area contributed by atoms with Gasteiger partial charge in [-0.2, -0.15) is 0 Å². The molecular weight excluding hydrogens is 362 g/mol. The second-order valence-corrected chi connectivity index (χ2v) is 8.51. The fourth-order valence-electron chi connectivity index (χ4n) is 3.19. The van der Waals surface area contributed by atoms with Crippen molar-refractivity contribution in [1.29, 1.82) is 0 Å². The molecule has 0 spiro atoms. The van der Waals surface area contributed by atoms with Gasteiger partial charge in [0.2, 0.25) is 5.91 Å². The number of anilines is 1. The third kappa shape index (κ3) is 4.77. The number of aryl methyl sites for hydroxylation is 1. The number of hydrogen-bond acceptors (Lipinski definition) is 4. The molecule has 2 aromatic rings. The van der Waals surface area contributed by atoms with Crippen LogP contribution in [0.15, 0.2) is 60.0 Å². The van der Waals surface area contributed by atoms with Gasteiger partial charge in [0.25, 0.3) is 0 Å². The summed E-state index contributed by atoms with van der Waals surface area (Å²) in [6.07, 6.45) is 1.79. The standard InChI is InChI=1S/C21H23NO4S/c1-3-26-20-9-7-18(8-10-20)22(19-11-12-27(24,25)15-19)21(23)14-17-6-4-5-16(2)13-17/h4-13,19H,3,14-15H2,1-2H3/t19-/m0/s1. The van der Waals surface area contributed by atoms with Crippen molar-refractivity contribution in [1.82, 2.24) is 0 Å². The molecule has 3 rings (SSSR count). The predicted octanol–water partition coefficient (Wildman–Crippen LogP) is 3.28. The number of benzene rings is 2. The van der Waals surface area contributed by atoms with E-state index in [9.17, 15) is 13.2 Å². The van der Waals surface area contributed by atoms with Gasteiger partial charge in [-0.25, -0.2) is 8.42 Å². The van der Waals surface area contributed by atoms with Crippen molar-refractivity contribution in [3.8, 4) is 5.75 Å². The molecule has 0 saturated carbocycles. The van der Waals surface area contributed by atoms with Crippen molar-refractivity contribution in [2.24, 2.45) is 0 Å². The zero-order chi connectivity index (χ0) is 19.4. The number of hydrogen-bond donors (Lipinski definition) is 0. The van der Waals surface area contributed by atoms with Crippen LogP contribution >= 0.6 is 0 Å². The molecule has 0 aliphatic carbocycles. The van der Waals surface area contributed by atoms with Crippen molar-refractivity contribution >= 4 is 21.4 Å². The minimum atomic E-state index is -3.28. The van der Waals surface area contributed by atoms with Crippen LogP contribution in [0.3, 0.4) is 0 Å². The summed E-state index contributed by atoms with van der Waals surface area (Å²) < 4.78 is 29.2. The highest BCUT2D eigenvalue weighted by atomic mass is 32.2. The van der Waals surface area contributed by atoms with Gasteiger partial charge < -0.3 is 9.64 Å². The van der Waals surface area contributed by atoms with Gasteiger partial charge in [-0.15, -0.1) is 0 Å². The zero-order valence-corrected chi connectivity index (χ0v) is 16.3. The molecule has 0 unspecified atom stereocenters. The number of carbonyl (C=O) groups excluding carboxylic acids is 1. The van der Waals surface area contributed by atoms with E-state index in [4.69, 9.17) is 4.74 Å². The van der Waals surface area contributed by atoms with E-state index < -0.39 is 15.9 Å². The van der Waals surface area contributed by atoms with Crippen LogP contribution in [0.5, 0.6) is 5.75 Å². The van der Waals surface area contributed by atoms with Gasteiger partial charge in [-0.1, -0.05) is 29.8 Å². The highest BCUT2D eigenvalue weighted by Gasteiger charge is 2.31. The number of nitrogens with zero attached hydrogens (tertiary/aromatic N) is 1. The molecule has 27 heavy (non-hydrogen) atoms. The van der Waals surface area contributed by atoms with E-state index >= 15 is 0 Å². The zero-order valence-electron chi connectivity index (χ0n) is 15.5. The predicted molar refractivity (Wildman–Crippen MR) is 107 cm³/mol. The van der Waals surface area contributed by atoms with E-state index in [2.05, 4.69) is 0 Å². The lowest BCUT2D eigenvalue weighted by Crippen LogP contribution is -2.42. The molecule has 0 bridgehead atoms. The second kappa shape index (κ2) is 7.96. The van der Waals surface area contributed by atoms with Crippen LogP contribution in [-0.4, -0.2) is 32.7 Å². The van der Waals surface area contributed by atoms with Crippen LogP contribution < -0.4 is 9.64 Å². The molecule has 0 N–H and O–H groups in total. The lowest BCUT2D eigenvalue weighted by atomic mass is 10.1. The molecule has 0 fully saturated rings. The summed E-state index contributed by atoms with van der Waals surface area (Å²) >= 11 is 0. The average molecular weight is 385 g/mol. The van der Waals surface area contributed by atoms with Gasteiger partial charge in [-0.05, 0) is 49.8 Å². The highest BCUT2D eigenvalue weighted by molar-refractivity contribution is 7.94. The topological polar surface area (TPSA) is 63.7 Å². The van der Waals surface area contributed by atoms with Gasteiger partial charge in [-0.3, -0.25) is 4.79 Å². The minimum Gasteiger partial charge on any atom is -0.494 e. The van der Waals surface area contributed by atoms with Crippen LogP contribution in [0.4, 0.5) is 5.69 Å². The first-order valence-corrected chi connectivity index (χ1v) is 10.6. The Bertz CT molecular complexity index is 948. The molecule has 6 heteroatoms. The summed E-state index contributed by atoms with van der Waals surface area (Å²) in [7, 11) is -3.28. The summed E-state index contributed by atoms with van der Waals surface area (Å²) in [5, 5.41) is 1.19. The number of amides is 1. The molecule has 1 atom stereocenters. The minimum absolute atomic E-state index is 0.0975. The molecule has 1 aliphatic heterocycles. The summed E-state index contributed by atoms with van der Waals surface area (Å²) in [5.41, 5.74) is 2.64. The van der Waals surface area contributed by atoms with Crippen LogP contribution in [0, 0.1) is 6.92 Å². The first kappa shape index (κ1) is 19.2. The third-order valence-electron chi connectivity index (χ3n) is 4.38. The van der Waals surface area contributed by atoms with Crippen molar-refractivity contribution < 1.29 is 17.9 Å². The Morgan fingerprint density at radius 1 is 1.19 bits per heavy atom.